The van der Waals surface area contributed by atoms with E-state index in [1.54, 1.807) is 24.3 Å². The zero-order chi connectivity index (χ0) is 14.8. The molecular formula is C14H11BrN4O2. The quantitative estimate of drug-likeness (QED) is 0.860. The van der Waals surface area contributed by atoms with Crippen molar-refractivity contribution < 1.29 is 9.59 Å². The number of imide groups is 1. The first-order valence-electron chi connectivity index (χ1n) is 6.31. The third-order valence-corrected chi connectivity index (χ3v) is 3.51. The molecule has 1 saturated heterocycles. The van der Waals surface area contributed by atoms with E-state index in [-0.39, 0.29) is 18.2 Å². The van der Waals surface area contributed by atoms with Crippen molar-refractivity contribution in [3.05, 3.63) is 47.3 Å². The van der Waals surface area contributed by atoms with Crippen LogP contribution in [-0.2, 0) is 9.59 Å². The number of anilines is 2. The van der Waals surface area contributed by atoms with Crippen molar-refractivity contribution in [2.45, 2.75) is 12.5 Å². The van der Waals surface area contributed by atoms with Crippen molar-refractivity contribution in [1.29, 1.82) is 0 Å². The summed E-state index contributed by atoms with van der Waals surface area (Å²) in [6, 6.07) is 8.26. The van der Waals surface area contributed by atoms with Crippen LogP contribution in [0, 0.1) is 0 Å². The van der Waals surface area contributed by atoms with Crippen molar-refractivity contribution in [2.75, 3.05) is 10.2 Å². The largest absolute Gasteiger partial charge is 0.357 e. The number of hydrogen-bond donors (Lipinski definition) is 1. The van der Waals surface area contributed by atoms with Crippen LogP contribution in [0.2, 0.25) is 0 Å². The van der Waals surface area contributed by atoms with E-state index in [2.05, 4.69) is 31.2 Å². The highest BCUT2D eigenvalue weighted by atomic mass is 79.9. The van der Waals surface area contributed by atoms with E-state index in [4.69, 9.17) is 0 Å². The van der Waals surface area contributed by atoms with E-state index >= 15 is 0 Å². The van der Waals surface area contributed by atoms with Gasteiger partial charge in [0.2, 0.25) is 5.91 Å². The maximum atomic E-state index is 12.4. The highest BCUT2D eigenvalue weighted by Gasteiger charge is 2.39. The molecule has 0 spiro atoms. The van der Waals surface area contributed by atoms with Crippen molar-refractivity contribution in [2.24, 2.45) is 0 Å². The zero-order valence-electron chi connectivity index (χ0n) is 10.9. The van der Waals surface area contributed by atoms with Gasteiger partial charge in [0.25, 0.3) is 5.91 Å². The van der Waals surface area contributed by atoms with Crippen LogP contribution in [0.15, 0.2) is 47.3 Å². The number of nitrogens with zero attached hydrogens (tertiary/aromatic N) is 3. The lowest BCUT2D eigenvalue weighted by Gasteiger charge is -2.15. The van der Waals surface area contributed by atoms with Gasteiger partial charge in [0, 0.05) is 0 Å². The van der Waals surface area contributed by atoms with E-state index < -0.39 is 6.04 Å². The summed E-state index contributed by atoms with van der Waals surface area (Å²) in [4.78, 5) is 33.8. The van der Waals surface area contributed by atoms with Crippen molar-refractivity contribution in [1.82, 2.24) is 9.97 Å². The molecule has 1 fully saturated rings. The van der Waals surface area contributed by atoms with Crippen LogP contribution < -0.4 is 10.2 Å². The molecule has 0 bridgehead atoms. The van der Waals surface area contributed by atoms with Gasteiger partial charge >= 0.3 is 0 Å². The molecule has 0 saturated carbocycles. The summed E-state index contributed by atoms with van der Waals surface area (Å²) in [6.45, 7) is 0. The van der Waals surface area contributed by atoms with Crippen LogP contribution in [0.3, 0.4) is 0 Å². The van der Waals surface area contributed by atoms with E-state index in [1.165, 1.54) is 17.3 Å². The third-order valence-electron chi connectivity index (χ3n) is 3.10. The van der Waals surface area contributed by atoms with Gasteiger partial charge in [0.1, 0.15) is 16.5 Å². The van der Waals surface area contributed by atoms with Gasteiger partial charge in [-0.3, -0.25) is 9.59 Å². The normalized spacial score (nSPS) is 18.1. The number of aromatic nitrogens is 2. The standard InChI is InChI=1S/C14H11BrN4O2/c15-11-7-17-12(8-16-11)18-10-6-13(20)19(14(10)21)9-4-2-1-3-5-9/h1-5,7-8,10H,6H2,(H,17,18). The van der Waals surface area contributed by atoms with Gasteiger partial charge in [-0.1, -0.05) is 18.2 Å². The molecule has 2 aromatic rings. The molecule has 2 amide bonds. The van der Waals surface area contributed by atoms with Gasteiger partial charge in [-0.2, -0.15) is 0 Å². The van der Waals surface area contributed by atoms with Crippen LogP contribution in [0.5, 0.6) is 0 Å². The number of amides is 2. The fourth-order valence-electron chi connectivity index (χ4n) is 2.16. The molecule has 1 aromatic heterocycles. The molecule has 2 heterocycles. The van der Waals surface area contributed by atoms with Gasteiger partial charge in [0.05, 0.1) is 24.5 Å². The fraction of sp³-hybridized carbons (Fsp3) is 0.143. The second-order valence-electron chi connectivity index (χ2n) is 4.53. The summed E-state index contributed by atoms with van der Waals surface area (Å²) in [5.74, 6) is -0.0519. The predicted octanol–water partition coefficient (Wildman–Crippen LogP) is 1.98. The van der Waals surface area contributed by atoms with Crippen LogP contribution in [-0.4, -0.2) is 27.8 Å². The van der Waals surface area contributed by atoms with Gasteiger partial charge in [-0.05, 0) is 28.1 Å². The summed E-state index contributed by atoms with van der Waals surface area (Å²) >= 11 is 3.19. The molecule has 1 aliphatic heterocycles. The summed E-state index contributed by atoms with van der Waals surface area (Å²) < 4.78 is 0.604. The number of benzene rings is 1. The number of carbonyl (C=O) groups is 2. The van der Waals surface area contributed by atoms with E-state index in [0.29, 0.717) is 16.1 Å². The van der Waals surface area contributed by atoms with Gasteiger partial charge in [-0.25, -0.2) is 14.9 Å². The molecule has 21 heavy (non-hydrogen) atoms. The lowest BCUT2D eigenvalue weighted by atomic mass is 10.2. The Bertz CT molecular complexity index is 675. The maximum Gasteiger partial charge on any atom is 0.256 e. The second-order valence-corrected chi connectivity index (χ2v) is 5.34. The minimum atomic E-state index is -0.617. The first-order valence-corrected chi connectivity index (χ1v) is 7.10. The Morgan fingerprint density at radius 3 is 2.57 bits per heavy atom. The highest BCUT2D eigenvalue weighted by molar-refractivity contribution is 9.10. The maximum absolute atomic E-state index is 12.4. The van der Waals surface area contributed by atoms with E-state index in [0.717, 1.165) is 0 Å². The zero-order valence-corrected chi connectivity index (χ0v) is 12.4. The minimum Gasteiger partial charge on any atom is -0.357 e. The Balaban J connectivity index is 1.79. The molecule has 1 aromatic carbocycles. The van der Waals surface area contributed by atoms with Crippen LogP contribution in [0.1, 0.15) is 6.42 Å². The Labute approximate surface area is 129 Å². The average Bonchev–Trinajstić information content (AvgIpc) is 2.77. The Morgan fingerprint density at radius 2 is 1.90 bits per heavy atom. The minimum absolute atomic E-state index is 0.103. The smallest absolute Gasteiger partial charge is 0.256 e. The lowest BCUT2D eigenvalue weighted by molar-refractivity contribution is -0.121. The lowest BCUT2D eigenvalue weighted by Crippen LogP contribution is -2.34. The summed E-state index contributed by atoms with van der Waals surface area (Å²) in [5.41, 5.74) is 0.582. The molecule has 1 aliphatic rings. The molecule has 3 rings (SSSR count). The van der Waals surface area contributed by atoms with E-state index in [1.807, 2.05) is 6.07 Å². The number of hydrogen-bond acceptors (Lipinski definition) is 5. The van der Waals surface area contributed by atoms with Crippen LogP contribution >= 0.6 is 15.9 Å². The average molecular weight is 347 g/mol. The molecule has 1 unspecified atom stereocenters. The Hall–Kier alpha value is -2.28. The molecule has 0 radical (unpaired) electrons. The number of halogens is 1. The summed E-state index contributed by atoms with van der Waals surface area (Å²) in [5, 5.41) is 2.94. The number of rotatable bonds is 3. The van der Waals surface area contributed by atoms with Crippen LogP contribution in [0.4, 0.5) is 11.5 Å². The summed E-state index contributed by atoms with van der Waals surface area (Å²) in [6.07, 6.45) is 3.14. The van der Waals surface area contributed by atoms with E-state index in [9.17, 15) is 9.59 Å². The number of para-hydroxylation sites is 1. The van der Waals surface area contributed by atoms with Gasteiger partial charge < -0.3 is 5.32 Å². The number of nitrogens with one attached hydrogen (secondary N) is 1. The Kier molecular flexibility index (Phi) is 3.66. The van der Waals surface area contributed by atoms with Crippen molar-refractivity contribution in [3.63, 3.8) is 0 Å². The molecule has 1 N–H and O–H groups in total. The highest BCUT2D eigenvalue weighted by Crippen LogP contribution is 2.24. The van der Waals surface area contributed by atoms with Crippen LogP contribution in [0.25, 0.3) is 0 Å². The van der Waals surface area contributed by atoms with Crippen molar-refractivity contribution in [3.8, 4) is 0 Å². The van der Waals surface area contributed by atoms with Gasteiger partial charge in [-0.15, -0.1) is 0 Å². The molecule has 1 atom stereocenters. The summed E-state index contributed by atoms with van der Waals surface area (Å²) in [7, 11) is 0. The fourth-order valence-corrected chi connectivity index (χ4v) is 2.36. The topological polar surface area (TPSA) is 75.2 Å². The second kappa shape index (κ2) is 5.61. The van der Waals surface area contributed by atoms with Crippen molar-refractivity contribution >= 4 is 39.2 Å². The molecule has 7 heteroatoms. The molecular weight excluding hydrogens is 336 g/mol. The molecule has 0 aliphatic carbocycles. The monoisotopic (exact) mass is 346 g/mol. The number of carbonyl (C=O) groups excluding carboxylic acids is 2. The van der Waals surface area contributed by atoms with Gasteiger partial charge in [0.15, 0.2) is 0 Å². The third kappa shape index (κ3) is 2.78. The first-order chi connectivity index (χ1) is 10.1. The molecule has 106 valence electrons. The predicted molar refractivity (Wildman–Crippen MR) is 80.7 cm³/mol. The first kappa shape index (κ1) is 13.7. The SMILES string of the molecule is O=C1CC(Nc2cnc(Br)cn2)C(=O)N1c1ccccc1. The Morgan fingerprint density at radius 1 is 1.14 bits per heavy atom. The molecule has 6 nitrogen and oxygen atoms in total.